The zero-order valence-corrected chi connectivity index (χ0v) is 8.19. The first-order chi connectivity index (χ1) is 6.94. The van der Waals surface area contributed by atoms with Gasteiger partial charge >= 0.3 is 6.18 Å². The standard InChI is InChI=1S/C8H8ClF3N2O/c9-5-2-1-3-6(14-13)7(5)15-4-8(10,11)12/h1-3,14H,4,13H2. The summed E-state index contributed by atoms with van der Waals surface area (Å²) in [6.07, 6.45) is -4.41. The Bertz CT molecular complexity index is 343. The van der Waals surface area contributed by atoms with E-state index in [4.69, 9.17) is 17.4 Å². The van der Waals surface area contributed by atoms with Gasteiger partial charge < -0.3 is 10.2 Å². The molecule has 0 unspecified atom stereocenters. The zero-order chi connectivity index (χ0) is 11.5. The normalized spacial score (nSPS) is 11.3. The molecule has 0 heterocycles. The lowest BCUT2D eigenvalue weighted by molar-refractivity contribution is -0.153. The van der Waals surface area contributed by atoms with Crippen LogP contribution < -0.4 is 16.0 Å². The third-order valence-electron chi connectivity index (χ3n) is 1.50. The van der Waals surface area contributed by atoms with Crippen LogP contribution in [0.5, 0.6) is 5.75 Å². The fraction of sp³-hybridized carbons (Fsp3) is 0.250. The predicted molar refractivity (Wildman–Crippen MR) is 50.8 cm³/mol. The van der Waals surface area contributed by atoms with Crippen molar-refractivity contribution in [1.29, 1.82) is 0 Å². The van der Waals surface area contributed by atoms with Gasteiger partial charge in [0.15, 0.2) is 12.4 Å². The molecule has 0 amide bonds. The number of benzene rings is 1. The summed E-state index contributed by atoms with van der Waals surface area (Å²) >= 11 is 5.65. The number of hydrazine groups is 1. The van der Waals surface area contributed by atoms with Gasteiger partial charge in [0, 0.05) is 0 Å². The molecule has 0 saturated carbocycles. The maximum atomic E-state index is 11.9. The van der Waals surface area contributed by atoms with Crippen LogP contribution in [-0.2, 0) is 0 Å². The third-order valence-corrected chi connectivity index (χ3v) is 1.80. The Morgan fingerprint density at radius 3 is 2.60 bits per heavy atom. The second-order valence-electron chi connectivity index (χ2n) is 2.66. The second kappa shape index (κ2) is 4.59. The van der Waals surface area contributed by atoms with Crippen LogP contribution in [0, 0.1) is 0 Å². The Labute approximate surface area is 88.9 Å². The first kappa shape index (κ1) is 11.9. The third kappa shape index (κ3) is 3.49. The summed E-state index contributed by atoms with van der Waals surface area (Å²) in [5.41, 5.74) is 2.40. The van der Waals surface area contributed by atoms with E-state index < -0.39 is 12.8 Å². The van der Waals surface area contributed by atoms with Crippen LogP contribution in [0.25, 0.3) is 0 Å². The van der Waals surface area contributed by atoms with Crippen molar-refractivity contribution in [3.8, 4) is 5.75 Å². The van der Waals surface area contributed by atoms with Crippen LogP contribution in [0.1, 0.15) is 0 Å². The lowest BCUT2D eigenvalue weighted by Crippen LogP contribution is -2.20. The van der Waals surface area contributed by atoms with E-state index in [0.29, 0.717) is 0 Å². The number of anilines is 1. The van der Waals surface area contributed by atoms with Crippen LogP contribution >= 0.6 is 11.6 Å². The van der Waals surface area contributed by atoms with Crippen LogP contribution in [0.4, 0.5) is 18.9 Å². The molecule has 1 aromatic rings. The van der Waals surface area contributed by atoms with E-state index >= 15 is 0 Å². The van der Waals surface area contributed by atoms with Gasteiger partial charge in [0.1, 0.15) is 0 Å². The van der Waals surface area contributed by atoms with Gasteiger partial charge in [-0.05, 0) is 12.1 Å². The molecule has 0 radical (unpaired) electrons. The topological polar surface area (TPSA) is 47.3 Å². The quantitative estimate of drug-likeness (QED) is 0.631. The Morgan fingerprint density at radius 1 is 1.40 bits per heavy atom. The lowest BCUT2D eigenvalue weighted by Gasteiger charge is -2.13. The molecule has 0 aliphatic carbocycles. The first-order valence-electron chi connectivity index (χ1n) is 3.88. The fourth-order valence-electron chi connectivity index (χ4n) is 0.923. The summed E-state index contributed by atoms with van der Waals surface area (Å²) < 4.78 is 40.2. The van der Waals surface area contributed by atoms with Crippen LogP contribution in [0.3, 0.4) is 0 Å². The summed E-state index contributed by atoms with van der Waals surface area (Å²) in [7, 11) is 0. The van der Waals surface area contributed by atoms with Crippen molar-refractivity contribution in [3.63, 3.8) is 0 Å². The number of ether oxygens (including phenoxy) is 1. The number of nitrogens with two attached hydrogens (primary N) is 1. The van der Waals surface area contributed by atoms with Gasteiger partial charge in [0.05, 0.1) is 10.7 Å². The zero-order valence-electron chi connectivity index (χ0n) is 7.44. The number of halogens is 4. The molecule has 1 rings (SSSR count). The molecule has 0 saturated heterocycles. The molecular weight excluding hydrogens is 233 g/mol. The molecule has 0 aliphatic heterocycles. The Hall–Kier alpha value is -1.14. The molecule has 0 spiro atoms. The van der Waals surface area contributed by atoms with Gasteiger partial charge in [-0.25, -0.2) is 0 Å². The predicted octanol–water partition coefficient (Wildman–Crippen LogP) is 2.57. The average Bonchev–Trinajstić information content (AvgIpc) is 2.14. The summed E-state index contributed by atoms with van der Waals surface area (Å²) in [6, 6.07) is 4.41. The largest absolute Gasteiger partial charge is 0.480 e. The molecule has 0 bridgehead atoms. The monoisotopic (exact) mass is 240 g/mol. The molecule has 15 heavy (non-hydrogen) atoms. The number of hydrogen-bond donors (Lipinski definition) is 2. The smallest absolute Gasteiger partial charge is 0.422 e. The number of hydrogen-bond acceptors (Lipinski definition) is 3. The molecule has 0 atom stereocenters. The van der Waals surface area contributed by atoms with Gasteiger partial charge in [-0.1, -0.05) is 17.7 Å². The summed E-state index contributed by atoms with van der Waals surface area (Å²) in [6.45, 7) is -1.41. The summed E-state index contributed by atoms with van der Waals surface area (Å²) in [4.78, 5) is 0. The molecule has 3 N–H and O–H groups in total. The van der Waals surface area contributed by atoms with E-state index in [9.17, 15) is 13.2 Å². The van der Waals surface area contributed by atoms with E-state index in [-0.39, 0.29) is 16.5 Å². The van der Waals surface area contributed by atoms with Crippen molar-refractivity contribution < 1.29 is 17.9 Å². The Kier molecular flexibility index (Phi) is 3.65. The van der Waals surface area contributed by atoms with E-state index in [2.05, 4.69) is 10.2 Å². The van der Waals surface area contributed by atoms with Crippen LogP contribution in [-0.4, -0.2) is 12.8 Å². The first-order valence-corrected chi connectivity index (χ1v) is 4.26. The molecule has 3 nitrogen and oxygen atoms in total. The van der Waals surface area contributed by atoms with E-state index in [1.165, 1.54) is 18.2 Å². The van der Waals surface area contributed by atoms with Crippen molar-refractivity contribution in [2.24, 2.45) is 5.84 Å². The highest BCUT2D eigenvalue weighted by Crippen LogP contribution is 2.33. The maximum Gasteiger partial charge on any atom is 0.422 e. The lowest BCUT2D eigenvalue weighted by atomic mass is 10.3. The highest BCUT2D eigenvalue weighted by molar-refractivity contribution is 6.32. The van der Waals surface area contributed by atoms with Crippen molar-refractivity contribution in [3.05, 3.63) is 23.2 Å². The molecule has 1 aromatic carbocycles. The number of nitrogen functional groups attached to an aromatic ring is 1. The minimum Gasteiger partial charge on any atom is -0.480 e. The van der Waals surface area contributed by atoms with Gasteiger partial charge in [-0.15, -0.1) is 0 Å². The summed E-state index contributed by atoms with van der Waals surface area (Å²) in [5, 5.41) is 0.0645. The Balaban J connectivity index is 2.83. The minimum absolute atomic E-state index is 0.0645. The van der Waals surface area contributed by atoms with Gasteiger partial charge in [-0.2, -0.15) is 13.2 Å². The molecule has 7 heteroatoms. The van der Waals surface area contributed by atoms with Gasteiger partial charge in [-0.3, -0.25) is 5.84 Å². The van der Waals surface area contributed by atoms with Crippen molar-refractivity contribution in [2.75, 3.05) is 12.0 Å². The Morgan fingerprint density at radius 2 is 2.07 bits per heavy atom. The number of para-hydroxylation sites is 1. The molecular formula is C8H8ClF3N2O. The highest BCUT2D eigenvalue weighted by atomic mass is 35.5. The van der Waals surface area contributed by atoms with Crippen LogP contribution in [0.15, 0.2) is 18.2 Å². The molecule has 84 valence electrons. The number of rotatable bonds is 3. The van der Waals surface area contributed by atoms with Gasteiger partial charge in [0.2, 0.25) is 0 Å². The van der Waals surface area contributed by atoms with Crippen molar-refractivity contribution >= 4 is 17.3 Å². The summed E-state index contributed by atoms with van der Waals surface area (Å²) in [5.74, 6) is 4.98. The van der Waals surface area contributed by atoms with Crippen LogP contribution in [0.2, 0.25) is 5.02 Å². The molecule has 0 fully saturated rings. The fourth-order valence-corrected chi connectivity index (χ4v) is 1.15. The molecule has 0 aliphatic rings. The highest BCUT2D eigenvalue weighted by Gasteiger charge is 2.29. The number of alkyl halides is 3. The van der Waals surface area contributed by atoms with Crippen molar-refractivity contribution in [2.45, 2.75) is 6.18 Å². The minimum atomic E-state index is -4.41. The maximum absolute atomic E-state index is 11.9. The van der Waals surface area contributed by atoms with Gasteiger partial charge in [0.25, 0.3) is 0 Å². The van der Waals surface area contributed by atoms with E-state index in [0.717, 1.165) is 0 Å². The van der Waals surface area contributed by atoms with E-state index in [1.807, 2.05) is 0 Å². The second-order valence-corrected chi connectivity index (χ2v) is 3.07. The number of nitrogens with one attached hydrogen (secondary N) is 1. The SMILES string of the molecule is NNc1cccc(Cl)c1OCC(F)(F)F. The van der Waals surface area contributed by atoms with Crippen molar-refractivity contribution in [1.82, 2.24) is 0 Å². The van der Waals surface area contributed by atoms with E-state index in [1.54, 1.807) is 0 Å². The molecule has 0 aromatic heterocycles. The average molecular weight is 241 g/mol.